The Labute approximate surface area is 87.1 Å². The molecule has 1 atom stereocenters. The molecule has 0 bridgehead atoms. The van der Waals surface area contributed by atoms with Crippen LogP contribution < -0.4 is 11.5 Å². The summed E-state index contributed by atoms with van der Waals surface area (Å²) in [7, 11) is 0.671. The van der Waals surface area contributed by atoms with Crippen LogP contribution in [0.25, 0.3) is 0 Å². The molecular formula is C8H22N2O3Si. The monoisotopic (exact) mass is 222 g/mol. The molecule has 6 heteroatoms. The average molecular weight is 222 g/mol. The second kappa shape index (κ2) is 7.33. The molecule has 0 amide bonds. The molecule has 0 heterocycles. The zero-order valence-corrected chi connectivity index (χ0v) is 10.3. The molecule has 0 saturated heterocycles. The fourth-order valence-corrected chi connectivity index (χ4v) is 3.53. The molecule has 0 aromatic heterocycles. The summed E-state index contributed by atoms with van der Waals surface area (Å²) in [5.41, 5.74) is 10.8. The van der Waals surface area contributed by atoms with Gasteiger partial charge in [-0.1, -0.05) is 6.92 Å². The molecule has 0 rings (SSSR count). The lowest BCUT2D eigenvalue weighted by Crippen LogP contribution is -2.46. The van der Waals surface area contributed by atoms with Gasteiger partial charge in [0.2, 0.25) is 0 Å². The Balaban J connectivity index is 4.18. The molecule has 0 spiro atoms. The van der Waals surface area contributed by atoms with Crippen molar-refractivity contribution in [1.29, 1.82) is 0 Å². The zero-order chi connectivity index (χ0) is 11.0. The Hall–Kier alpha value is 0.0169. The maximum Gasteiger partial charge on any atom is 0.501 e. The second-order valence-corrected chi connectivity index (χ2v) is 6.17. The molecule has 4 N–H and O–H groups in total. The highest BCUT2D eigenvalue weighted by atomic mass is 28.4. The van der Waals surface area contributed by atoms with E-state index in [1.165, 1.54) is 0 Å². The number of rotatable bonds is 8. The molecule has 0 saturated carbocycles. The Morgan fingerprint density at radius 3 is 2.14 bits per heavy atom. The van der Waals surface area contributed by atoms with Gasteiger partial charge >= 0.3 is 8.80 Å². The maximum absolute atomic E-state index is 5.47. The SMILES string of the molecule is CO[Si](CC(C)CCN)(OC)OCN. The van der Waals surface area contributed by atoms with Gasteiger partial charge in [0, 0.05) is 20.3 Å². The van der Waals surface area contributed by atoms with Crippen molar-refractivity contribution in [2.24, 2.45) is 17.4 Å². The molecular weight excluding hydrogens is 200 g/mol. The topological polar surface area (TPSA) is 79.7 Å². The smallest absolute Gasteiger partial charge is 0.377 e. The lowest BCUT2D eigenvalue weighted by atomic mass is 10.1. The molecule has 0 aliphatic carbocycles. The van der Waals surface area contributed by atoms with Crippen molar-refractivity contribution in [2.45, 2.75) is 19.4 Å². The summed E-state index contributed by atoms with van der Waals surface area (Å²) in [6.45, 7) is 2.90. The average Bonchev–Trinajstić information content (AvgIpc) is 2.17. The molecule has 0 aliphatic rings. The largest absolute Gasteiger partial charge is 0.501 e. The minimum Gasteiger partial charge on any atom is -0.377 e. The van der Waals surface area contributed by atoms with Gasteiger partial charge in [-0.2, -0.15) is 0 Å². The van der Waals surface area contributed by atoms with Crippen LogP contribution in [0.15, 0.2) is 0 Å². The lowest BCUT2D eigenvalue weighted by molar-refractivity contribution is 0.0965. The predicted molar refractivity (Wildman–Crippen MR) is 57.6 cm³/mol. The first-order valence-corrected chi connectivity index (χ1v) is 6.71. The third-order valence-electron chi connectivity index (χ3n) is 2.18. The predicted octanol–water partition coefficient (Wildman–Crippen LogP) is 0.136. The van der Waals surface area contributed by atoms with E-state index in [9.17, 15) is 0 Å². The molecule has 0 aromatic carbocycles. The summed E-state index contributed by atoms with van der Waals surface area (Å²) in [4.78, 5) is 0. The van der Waals surface area contributed by atoms with Gasteiger partial charge in [-0.05, 0) is 18.9 Å². The van der Waals surface area contributed by atoms with Crippen LogP contribution in [0.5, 0.6) is 0 Å². The van der Waals surface area contributed by atoms with Gasteiger partial charge in [0.1, 0.15) is 0 Å². The van der Waals surface area contributed by atoms with Crippen LogP contribution in [-0.4, -0.2) is 36.3 Å². The minimum atomic E-state index is -2.52. The van der Waals surface area contributed by atoms with Gasteiger partial charge in [0.25, 0.3) is 0 Å². The second-order valence-electron chi connectivity index (χ2n) is 3.29. The highest BCUT2D eigenvalue weighted by Gasteiger charge is 2.40. The summed E-state index contributed by atoms with van der Waals surface area (Å²) in [5, 5.41) is 0. The maximum atomic E-state index is 5.47. The zero-order valence-electron chi connectivity index (χ0n) is 9.29. The number of nitrogens with two attached hydrogens (primary N) is 2. The van der Waals surface area contributed by atoms with E-state index in [1.807, 2.05) is 0 Å². The van der Waals surface area contributed by atoms with E-state index in [-0.39, 0.29) is 6.73 Å². The quantitative estimate of drug-likeness (QED) is 0.451. The van der Waals surface area contributed by atoms with Gasteiger partial charge in [-0.25, -0.2) is 0 Å². The van der Waals surface area contributed by atoms with E-state index in [0.29, 0.717) is 12.5 Å². The molecule has 14 heavy (non-hydrogen) atoms. The Kier molecular flexibility index (Phi) is 7.34. The van der Waals surface area contributed by atoms with E-state index in [0.717, 1.165) is 12.5 Å². The fourth-order valence-electron chi connectivity index (χ4n) is 1.37. The first kappa shape index (κ1) is 14.0. The first-order valence-electron chi connectivity index (χ1n) is 4.78. The van der Waals surface area contributed by atoms with Crippen LogP contribution in [0.3, 0.4) is 0 Å². The highest BCUT2D eigenvalue weighted by molar-refractivity contribution is 6.60. The van der Waals surface area contributed by atoms with Crippen molar-refractivity contribution < 1.29 is 13.3 Å². The Bertz CT molecular complexity index is 145. The van der Waals surface area contributed by atoms with Crippen molar-refractivity contribution in [3.63, 3.8) is 0 Å². The van der Waals surface area contributed by atoms with Gasteiger partial charge < -0.3 is 24.7 Å². The van der Waals surface area contributed by atoms with Crippen LogP contribution >= 0.6 is 0 Å². The third kappa shape index (κ3) is 4.49. The van der Waals surface area contributed by atoms with Crippen LogP contribution in [0.4, 0.5) is 0 Å². The van der Waals surface area contributed by atoms with Crippen LogP contribution in [-0.2, 0) is 13.3 Å². The van der Waals surface area contributed by atoms with Crippen LogP contribution in [0.2, 0.25) is 6.04 Å². The molecule has 0 radical (unpaired) electrons. The summed E-state index contributed by atoms with van der Waals surface area (Å²) < 4.78 is 16.0. The van der Waals surface area contributed by atoms with Crippen molar-refractivity contribution >= 4 is 8.80 Å². The highest BCUT2D eigenvalue weighted by Crippen LogP contribution is 2.21. The van der Waals surface area contributed by atoms with E-state index in [2.05, 4.69) is 6.92 Å². The van der Waals surface area contributed by atoms with E-state index in [1.54, 1.807) is 14.2 Å². The molecule has 0 fully saturated rings. The summed E-state index contributed by atoms with van der Waals surface area (Å²) in [6, 6.07) is 0.758. The summed E-state index contributed by atoms with van der Waals surface area (Å²) >= 11 is 0. The molecule has 1 unspecified atom stereocenters. The summed E-state index contributed by atoms with van der Waals surface area (Å²) in [5.74, 6) is 0.429. The fraction of sp³-hybridized carbons (Fsp3) is 1.00. The van der Waals surface area contributed by atoms with Gasteiger partial charge in [0.05, 0.1) is 6.73 Å². The third-order valence-corrected chi connectivity index (χ3v) is 5.23. The Morgan fingerprint density at radius 2 is 1.79 bits per heavy atom. The van der Waals surface area contributed by atoms with E-state index < -0.39 is 8.80 Å². The minimum absolute atomic E-state index is 0.128. The van der Waals surface area contributed by atoms with Crippen molar-refractivity contribution in [3.8, 4) is 0 Å². The van der Waals surface area contributed by atoms with Crippen molar-refractivity contribution in [1.82, 2.24) is 0 Å². The number of hydrogen-bond acceptors (Lipinski definition) is 5. The standard InChI is InChI=1S/C8H22N2O3Si/c1-8(4-5-9)6-14(11-2,12-3)13-7-10/h8H,4-7,9-10H2,1-3H3. The normalized spacial score (nSPS) is 14.4. The van der Waals surface area contributed by atoms with Gasteiger partial charge in [-0.3, -0.25) is 0 Å². The van der Waals surface area contributed by atoms with Crippen LogP contribution in [0.1, 0.15) is 13.3 Å². The number of hydrogen-bond donors (Lipinski definition) is 2. The molecule has 86 valence electrons. The molecule has 0 aliphatic heterocycles. The van der Waals surface area contributed by atoms with Crippen molar-refractivity contribution in [2.75, 3.05) is 27.5 Å². The molecule has 5 nitrogen and oxygen atoms in total. The lowest BCUT2D eigenvalue weighted by Gasteiger charge is -2.28. The summed E-state index contributed by atoms with van der Waals surface area (Å²) in [6.07, 6.45) is 0.940. The van der Waals surface area contributed by atoms with E-state index >= 15 is 0 Å². The molecule has 0 aromatic rings. The van der Waals surface area contributed by atoms with Gasteiger partial charge in [0.15, 0.2) is 0 Å². The Morgan fingerprint density at radius 1 is 1.21 bits per heavy atom. The first-order chi connectivity index (χ1) is 6.64. The van der Waals surface area contributed by atoms with Crippen LogP contribution in [0, 0.1) is 5.92 Å². The van der Waals surface area contributed by atoms with Gasteiger partial charge in [-0.15, -0.1) is 0 Å². The van der Waals surface area contributed by atoms with E-state index in [4.69, 9.17) is 24.7 Å². The van der Waals surface area contributed by atoms with Crippen molar-refractivity contribution in [3.05, 3.63) is 0 Å².